The van der Waals surface area contributed by atoms with Crippen LogP contribution < -0.4 is 4.74 Å². The second-order valence-electron chi connectivity index (χ2n) is 3.89. The van der Waals surface area contributed by atoms with Crippen LogP contribution in [0.1, 0.15) is 12.0 Å². The molecule has 94 valence electrons. The molecule has 5 nitrogen and oxygen atoms in total. The minimum absolute atomic E-state index is 0.115. The summed E-state index contributed by atoms with van der Waals surface area (Å²) in [5.41, 5.74) is 1.79. The van der Waals surface area contributed by atoms with Crippen molar-refractivity contribution in [2.24, 2.45) is 0 Å². The van der Waals surface area contributed by atoms with Gasteiger partial charge < -0.3 is 9.84 Å². The smallest absolute Gasteiger partial charge is 0.303 e. The summed E-state index contributed by atoms with van der Waals surface area (Å²) in [6, 6.07) is 7.52. The fraction of sp³-hybridized carbons (Fsp3) is 0.231. The van der Waals surface area contributed by atoms with Crippen LogP contribution in [0.5, 0.6) is 5.75 Å². The Kier molecular flexibility index (Phi) is 3.62. The van der Waals surface area contributed by atoms with E-state index in [9.17, 15) is 4.79 Å². The number of hydrogen-bond acceptors (Lipinski definition) is 3. The number of ether oxygens (including phenoxy) is 1. The van der Waals surface area contributed by atoms with Crippen molar-refractivity contribution in [3.63, 3.8) is 0 Å². The molecule has 1 N–H and O–H groups in total. The molecule has 0 bridgehead atoms. The number of benzene rings is 1. The Morgan fingerprint density at radius 3 is 3.06 bits per heavy atom. The van der Waals surface area contributed by atoms with Crippen LogP contribution >= 0.6 is 0 Å². The number of carboxylic acids is 1. The molecule has 0 amide bonds. The number of carbonyl (C=O) groups is 1. The number of rotatable bonds is 5. The fourth-order valence-corrected chi connectivity index (χ4v) is 1.63. The van der Waals surface area contributed by atoms with E-state index in [1.165, 1.54) is 0 Å². The normalized spacial score (nSPS) is 10.3. The summed E-state index contributed by atoms with van der Waals surface area (Å²) in [6.45, 7) is 0. The summed E-state index contributed by atoms with van der Waals surface area (Å²) in [6.07, 6.45) is 4.11. The molecule has 0 saturated carbocycles. The largest absolute Gasteiger partial charge is 0.497 e. The maximum atomic E-state index is 10.5. The molecule has 1 aromatic carbocycles. The van der Waals surface area contributed by atoms with Crippen LogP contribution in [0.2, 0.25) is 0 Å². The van der Waals surface area contributed by atoms with E-state index in [2.05, 4.69) is 5.10 Å². The van der Waals surface area contributed by atoms with Gasteiger partial charge in [-0.25, -0.2) is 4.68 Å². The van der Waals surface area contributed by atoms with Crippen LogP contribution in [-0.2, 0) is 11.2 Å². The van der Waals surface area contributed by atoms with E-state index in [1.807, 2.05) is 30.5 Å². The highest BCUT2D eigenvalue weighted by molar-refractivity contribution is 5.67. The van der Waals surface area contributed by atoms with E-state index in [0.29, 0.717) is 6.42 Å². The van der Waals surface area contributed by atoms with Crippen molar-refractivity contribution >= 4 is 5.97 Å². The number of hydrogen-bond donors (Lipinski definition) is 1. The monoisotopic (exact) mass is 246 g/mol. The second-order valence-corrected chi connectivity index (χ2v) is 3.89. The molecule has 5 heteroatoms. The van der Waals surface area contributed by atoms with Crippen LogP contribution in [0.3, 0.4) is 0 Å². The van der Waals surface area contributed by atoms with Gasteiger partial charge in [0, 0.05) is 18.7 Å². The van der Waals surface area contributed by atoms with E-state index in [1.54, 1.807) is 18.0 Å². The maximum absolute atomic E-state index is 10.5. The Morgan fingerprint density at radius 1 is 1.50 bits per heavy atom. The first-order valence-electron chi connectivity index (χ1n) is 5.59. The van der Waals surface area contributed by atoms with Crippen LogP contribution in [0.25, 0.3) is 5.69 Å². The number of aromatic nitrogens is 2. The molecular formula is C13H14N2O3. The third kappa shape index (κ3) is 2.88. The van der Waals surface area contributed by atoms with Crippen molar-refractivity contribution in [1.29, 1.82) is 0 Å². The van der Waals surface area contributed by atoms with Crippen molar-refractivity contribution in [1.82, 2.24) is 9.78 Å². The predicted molar refractivity (Wildman–Crippen MR) is 66.1 cm³/mol. The van der Waals surface area contributed by atoms with Gasteiger partial charge in [-0.05, 0) is 24.1 Å². The molecule has 0 aliphatic carbocycles. The van der Waals surface area contributed by atoms with E-state index >= 15 is 0 Å². The molecule has 1 aromatic heterocycles. The summed E-state index contributed by atoms with van der Waals surface area (Å²) < 4.78 is 6.85. The Balaban J connectivity index is 2.15. The quantitative estimate of drug-likeness (QED) is 0.875. The van der Waals surface area contributed by atoms with Gasteiger partial charge in [0.05, 0.1) is 19.0 Å². The Labute approximate surface area is 105 Å². The number of aliphatic carboxylic acids is 1. The lowest BCUT2D eigenvalue weighted by Gasteiger charge is -2.03. The summed E-state index contributed by atoms with van der Waals surface area (Å²) in [5, 5.41) is 12.8. The highest BCUT2D eigenvalue weighted by atomic mass is 16.5. The number of carboxylic acid groups (broad SMARTS) is 1. The lowest BCUT2D eigenvalue weighted by atomic mass is 10.2. The van der Waals surface area contributed by atoms with Crippen molar-refractivity contribution in [3.05, 3.63) is 42.2 Å². The standard InChI is InChI=1S/C13H14N2O3/c1-18-12-4-2-3-11(7-12)15-9-10(8-14-15)5-6-13(16)17/h2-4,7-9H,5-6H2,1H3,(H,16,17). The second kappa shape index (κ2) is 5.35. The first-order chi connectivity index (χ1) is 8.69. The minimum atomic E-state index is -0.802. The SMILES string of the molecule is COc1cccc(-n2cc(CCC(=O)O)cn2)c1. The van der Waals surface area contributed by atoms with Crippen molar-refractivity contribution in [3.8, 4) is 11.4 Å². The van der Waals surface area contributed by atoms with Gasteiger partial charge in [-0.15, -0.1) is 0 Å². The van der Waals surface area contributed by atoms with Crippen molar-refractivity contribution < 1.29 is 14.6 Å². The van der Waals surface area contributed by atoms with Gasteiger partial charge in [-0.2, -0.15) is 5.10 Å². The number of aryl methyl sites for hydroxylation is 1. The fourth-order valence-electron chi connectivity index (χ4n) is 1.63. The average Bonchev–Trinajstić information content (AvgIpc) is 2.85. The molecule has 0 atom stereocenters. The summed E-state index contributed by atoms with van der Waals surface area (Å²) in [4.78, 5) is 10.5. The highest BCUT2D eigenvalue weighted by Crippen LogP contribution is 2.16. The van der Waals surface area contributed by atoms with Gasteiger partial charge in [-0.3, -0.25) is 4.79 Å². The number of nitrogens with zero attached hydrogens (tertiary/aromatic N) is 2. The molecule has 0 unspecified atom stereocenters. The minimum Gasteiger partial charge on any atom is -0.497 e. The molecule has 2 rings (SSSR count). The molecule has 18 heavy (non-hydrogen) atoms. The first kappa shape index (κ1) is 12.2. The highest BCUT2D eigenvalue weighted by Gasteiger charge is 2.04. The summed E-state index contributed by atoms with van der Waals surface area (Å²) >= 11 is 0. The molecular weight excluding hydrogens is 232 g/mol. The van der Waals surface area contributed by atoms with Gasteiger partial charge in [-0.1, -0.05) is 6.07 Å². The zero-order valence-corrected chi connectivity index (χ0v) is 10.0. The van der Waals surface area contributed by atoms with Gasteiger partial charge in [0.2, 0.25) is 0 Å². The topological polar surface area (TPSA) is 64.3 Å². The van der Waals surface area contributed by atoms with Crippen LogP contribution in [0.4, 0.5) is 0 Å². The first-order valence-corrected chi connectivity index (χ1v) is 5.59. The van der Waals surface area contributed by atoms with E-state index < -0.39 is 5.97 Å². The summed E-state index contributed by atoms with van der Waals surface area (Å²) in [7, 11) is 1.61. The van der Waals surface area contributed by atoms with Crippen molar-refractivity contribution in [2.45, 2.75) is 12.8 Å². The van der Waals surface area contributed by atoms with E-state index in [4.69, 9.17) is 9.84 Å². The predicted octanol–water partition coefficient (Wildman–Crippen LogP) is 1.90. The number of methoxy groups -OCH3 is 1. The van der Waals surface area contributed by atoms with E-state index in [0.717, 1.165) is 17.0 Å². The van der Waals surface area contributed by atoms with Crippen LogP contribution in [0.15, 0.2) is 36.7 Å². The molecule has 0 radical (unpaired) electrons. The molecule has 0 aliphatic heterocycles. The molecule has 0 spiro atoms. The summed E-state index contributed by atoms with van der Waals surface area (Å²) in [5.74, 6) is -0.0424. The molecule has 2 aromatic rings. The van der Waals surface area contributed by atoms with Gasteiger partial charge in [0.25, 0.3) is 0 Å². The molecule has 0 aliphatic rings. The lowest BCUT2D eigenvalue weighted by Crippen LogP contribution is -1.97. The van der Waals surface area contributed by atoms with Crippen molar-refractivity contribution in [2.75, 3.05) is 7.11 Å². The average molecular weight is 246 g/mol. The van der Waals surface area contributed by atoms with Crippen LogP contribution in [0, 0.1) is 0 Å². The zero-order chi connectivity index (χ0) is 13.0. The maximum Gasteiger partial charge on any atom is 0.303 e. The lowest BCUT2D eigenvalue weighted by molar-refractivity contribution is -0.136. The third-order valence-corrected chi connectivity index (χ3v) is 2.58. The Morgan fingerprint density at radius 2 is 2.33 bits per heavy atom. The third-order valence-electron chi connectivity index (χ3n) is 2.58. The Bertz CT molecular complexity index is 549. The van der Waals surface area contributed by atoms with Crippen LogP contribution in [-0.4, -0.2) is 28.0 Å². The van der Waals surface area contributed by atoms with Gasteiger partial charge in [0.15, 0.2) is 0 Å². The van der Waals surface area contributed by atoms with E-state index in [-0.39, 0.29) is 6.42 Å². The molecule has 0 saturated heterocycles. The van der Waals surface area contributed by atoms with Gasteiger partial charge in [0.1, 0.15) is 5.75 Å². The molecule has 0 fully saturated rings. The Hall–Kier alpha value is -2.30. The molecule has 1 heterocycles. The zero-order valence-electron chi connectivity index (χ0n) is 10.0. The van der Waals surface area contributed by atoms with Gasteiger partial charge >= 0.3 is 5.97 Å².